The van der Waals surface area contributed by atoms with Crippen molar-refractivity contribution in [3.05, 3.63) is 16.3 Å². The molecule has 116 valence electrons. The van der Waals surface area contributed by atoms with Crippen LogP contribution in [0.3, 0.4) is 0 Å². The van der Waals surface area contributed by atoms with Crippen molar-refractivity contribution in [2.45, 2.75) is 40.0 Å². The smallest absolute Gasteiger partial charge is 0.329 e. The summed E-state index contributed by atoms with van der Waals surface area (Å²) in [5.74, 6) is 0.895. The molecule has 2 rings (SSSR count). The topological polar surface area (TPSA) is 84.2 Å². The molecule has 2 heterocycles. The molecule has 0 unspecified atom stereocenters. The van der Waals surface area contributed by atoms with Gasteiger partial charge in [0.1, 0.15) is 6.20 Å². The van der Waals surface area contributed by atoms with E-state index in [4.69, 9.17) is 0 Å². The maximum atomic E-state index is 11.2. The fourth-order valence-electron chi connectivity index (χ4n) is 2.37. The van der Waals surface area contributed by atoms with E-state index in [2.05, 4.69) is 29.1 Å². The molecule has 0 amide bonds. The highest BCUT2D eigenvalue weighted by molar-refractivity contribution is 5.59. The number of anilines is 2. The Morgan fingerprint density at radius 3 is 2.67 bits per heavy atom. The number of nitro groups is 1. The zero-order valence-corrected chi connectivity index (χ0v) is 12.9. The van der Waals surface area contributed by atoms with E-state index < -0.39 is 4.92 Å². The monoisotopic (exact) mass is 293 g/mol. The van der Waals surface area contributed by atoms with Gasteiger partial charge in [0, 0.05) is 19.6 Å². The first-order valence-corrected chi connectivity index (χ1v) is 7.43. The van der Waals surface area contributed by atoms with Crippen LogP contribution in [0.5, 0.6) is 0 Å². The van der Waals surface area contributed by atoms with Crippen molar-refractivity contribution in [1.29, 1.82) is 0 Å². The summed E-state index contributed by atoms with van der Waals surface area (Å²) in [5.41, 5.74) is 0.276. The second kappa shape index (κ2) is 6.24. The summed E-state index contributed by atoms with van der Waals surface area (Å²) in [6.07, 6.45) is 4.27. The number of nitrogens with one attached hydrogen (secondary N) is 1. The van der Waals surface area contributed by atoms with Crippen LogP contribution in [0.4, 0.5) is 17.5 Å². The Hall–Kier alpha value is -1.92. The molecule has 0 radical (unpaired) electrons. The normalized spacial score (nSPS) is 17.6. The quantitative estimate of drug-likeness (QED) is 0.664. The summed E-state index contributed by atoms with van der Waals surface area (Å²) in [6.45, 7) is 8.84. The largest absolute Gasteiger partial charge is 0.354 e. The van der Waals surface area contributed by atoms with Gasteiger partial charge in [-0.15, -0.1) is 0 Å². The summed E-state index contributed by atoms with van der Waals surface area (Å²) in [4.78, 5) is 21.2. The molecule has 1 aliphatic rings. The maximum Gasteiger partial charge on any atom is 0.329 e. The Morgan fingerprint density at radius 2 is 2.10 bits per heavy atom. The third-order valence-electron chi connectivity index (χ3n) is 3.90. The first-order chi connectivity index (χ1) is 9.93. The van der Waals surface area contributed by atoms with Crippen LogP contribution >= 0.6 is 0 Å². The van der Waals surface area contributed by atoms with Crippen molar-refractivity contribution >= 4 is 17.5 Å². The third kappa shape index (κ3) is 3.80. The van der Waals surface area contributed by atoms with Crippen molar-refractivity contribution in [1.82, 2.24) is 9.97 Å². The second-order valence-electron chi connectivity index (χ2n) is 6.24. The predicted octanol–water partition coefficient (Wildman–Crippen LogP) is 2.83. The molecule has 1 N–H and O–H groups in total. The van der Waals surface area contributed by atoms with E-state index in [1.54, 1.807) is 0 Å². The van der Waals surface area contributed by atoms with E-state index in [1.807, 2.05) is 11.8 Å². The van der Waals surface area contributed by atoms with Crippen molar-refractivity contribution in [2.75, 3.05) is 29.9 Å². The van der Waals surface area contributed by atoms with Crippen molar-refractivity contribution in [3.63, 3.8) is 0 Å². The lowest BCUT2D eigenvalue weighted by Crippen LogP contribution is -2.38. The fourth-order valence-corrected chi connectivity index (χ4v) is 2.37. The molecular formula is C14H23N5O2. The van der Waals surface area contributed by atoms with Crippen molar-refractivity contribution in [3.8, 4) is 0 Å². The minimum Gasteiger partial charge on any atom is -0.354 e. The minimum absolute atomic E-state index is 0.0169. The molecular weight excluding hydrogens is 270 g/mol. The van der Waals surface area contributed by atoms with Crippen LogP contribution in [0.15, 0.2) is 6.20 Å². The third-order valence-corrected chi connectivity index (χ3v) is 3.90. The second-order valence-corrected chi connectivity index (χ2v) is 6.24. The summed E-state index contributed by atoms with van der Waals surface area (Å²) >= 11 is 0. The van der Waals surface area contributed by atoms with Gasteiger partial charge in [-0.1, -0.05) is 20.8 Å². The Bertz CT molecular complexity index is 508. The number of hydrogen-bond donors (Lipinski definition) is 1. The van der Waals surface area contributed by atoms with Gasteiger partial charge in [-0.3, -0.25) is 10.1 Å². The number of nitrogens with zero attached hydrogens (tertiary/aromatic N) is 4. The first-order valence-electron chi connectivity index (χ1n) is 7.43. The molecule has 0 bridgehead atoms. The van der Waals surface area contributed by atoms with Crippen LogP contribution in [0.2, 0.25) is 0 Å². The lowest BCUT2D eigenvalue weighted by molar-refractivity contribution is -0.384. The molecule has 0 aliphatic carbocycles. The molecule has 1 fully saturated rings. The molecule has 1 aromatic heterocycles. The number of aromatic nitrogens is 2. The molecule has 7 nitrogen and oxygen atoms in total. The van der Waals surface area contributed by atoms with E-state index in [-0.39, 0.29) is 5.69 Å². The number of rotatable bonds is 5. The van der Waals surface area contributed by atoms with Gasteiger partial charge < -0.3 is 10.2 Å². The van der Waals surface area contributed by atoms with Crippen LogP contribution in [-0.2, 0) is 0 Å². The SMILES string of the molecule is CCCNc1ncc([N+](=O)[O-])c(N2CCC(C)(C)CC2)n1. The van der Waals surface area contributed by atoms with E-state index in [9.17, 15) is 10.1 Å². The van der Waals surface area contributed by atoms with E-state index in [0.717, 1.165) is 38.9 Å². The van der Waals surface area contributed by atoms with Gasteiger partial charge in [0.15, 0.2) is 0 Å². The van der Waals surface area contributed by atoms with Crippen LogP contribution in [-0.4, -0.2) is 34.5 Å². The predicted molar refractivity (Wildman–Crippen MR) is 82.7 cm³/mol. The standard InChI is InChI=1S/C14H23N5O2/c1-4-7-15-13-16-10-11(19(20)21)12(17-13)18-8-5-14(2,3)6-9-18/h10H,4-9H2,1-3H3,(H,15,16,17). The van der Waals surface area contributed by atoms with Crippen LogP contribution < -0.4 is 10.2 Å². The first kappa shape index (κ1) is 15.5. The number of piperidine rings is 1. The van der Waals surface area contributed by atoms with Gasteiger partial charge in [0.2, 0.25) is 11.8 Å². The van der Waals surface area contributed by atoms with Crippen LogP contribution in [0.1, 0.15) is 40.0 Å². The lowest BCUT2D eigenvalue weighted by atomic mass is 9.83. The Labute approximate surface area is 124 Å². The molecule has 1 aliphatic heterocycles. The van der Waals surface area contributed by atoms with Gasteiger partial charge in [-0.2, -0.15) is 4.98 Å². The average Bonchev–Trinajstić information content (AvgIpc) is 2.44. The molecule has 0 atom stereocenters. The van der Waals surface area contributed by atoms with Crippen molar-refractivity contribution < 1.29 is 4.92 Å². The zero-order chi connectivity index (χ0) is 15.5. The van der Waals surface area contributed by atoms with Crippen LogP contribution in [0, 0.1) is 15.5 Å². The van der Waals surface area contributed by atoms with Gasteiger partial charge in [-0.05, 0) is 24.7 Å². The van der Waals surface area contributed by atoms with Gasteiger partial charge >= 0.3 is 5.69 Å². The summed E-state index contributed by atoms with van der Waals surface area (Å²) in [5, 5.41) is 14.3. The maximum absolute atomic E-state index is 11.2. The molecule has 7 heteroatoms. The van der Waals surface area contributed by atoms with Crippen LogP contribution in [0.25, 0.3) is 0 Å². The lowest BCUT2D eigenvalue weighted by Gasteiger charge is -2.37. The van der Waals surface area contributed by atoms with Crippen molar-refractivity contribution in [2.24, 2.45) is 5.41 Å². The average molecular weight is 293 g/mol. The highest BCUT2D eigenvalue weighted by Gasteiger charge is 2.30. The van der Waals surface area contributed by atoms with Gasteiger partial charge in [0.25, 0.3) is 0 Å². The zero-order valence-electron chi connectivity index (χ0n) is 12.9. The molecule has 0 aromatic carbocycles. The molecule has 1 saturated heterocycles. The molecule has 1 aromatic rings. The molecule has 0 spiro atoms. The van der Waals surface area contributed by atoms with E-state index in [0.29, 0.717) is 17.2 Å². The Morgan fingerprint density at radius 1 is 1.43 bits per heavy atom. The Kier molecular flexibility index (Phi) is 4.59. The fraction of sp³-hybridized carbons (Fsp3) is 0.714. The Balaban J connectivity index is 2.24. The van der Waals surface area contributed by atoms with E-state index in [1.165, 1.54) is 6.20 Å². The molecule has 21 heavy (non-hydrogen) atoms. The van der Waals surface area contributed by atoms with Gasteiger partial charge in [0.05, 0.1) is 4.92 Å². The van der Waals surface area contributed by atoms with E-state index >= 15 is 0 Å². The summed E-state index contributed by atoms with van der Waals surface area (Å²) < 4.78 is 0. The number of hydrogen-bond acceptors (Lipinski definition) is 6. The summed E-state index contributed by atoms with van der Waals surface area (Å²) in [7, 11) is 0. The summed E-state index contributed by atoms with van der Waals surface area (Å²) in [6, 6.07) is 0. The molecule has 0 saturated carbocycles. The van der Waals surface area contributed by atoms with Gasteiger partial charge in [-0.25, -0.2) is 4.98 Å². The highest BCUT2D eigenvalue weighted by Crippen LogP contribution is 2.34. The minimum atomic E-state index is -0.404. The highest BCUT2D eigenvalue weighted by atomic mass is 16.6.